The highest BCUT2D eigenvalue weighted by atomic mass is 16.5. The first-order chi connectivity index (χ1) is 14.2. The SMILES string of the molecule is COc1ccc(CN2Cc3ccccc3CC2C(=O)N2CCCCC2)cc1OC. The number of hydrogen-bond donors (Lipinski definition) is 0. The normalized spacial score (nSPS) is 19.5. The Kier molecular flexibility index (Phi) is 6.05. The van der Waals surface area contributed by atoms with Gasteiger partial charge in [-0.1, -0.05) is 30.3 Å². The maximum Gasteiger partial charge on any atom is 0.240 e. The lowest BCUT2D eigenvalue weighted by Crippen LogP contribution is -2.52. The Morgan fingerprint density at radius 1 is 0.966 bits per heavy atom. The number of carbonyl (C=O) groups excluding carboxylic acids is 1. The number of hydrogen-bond acceptors (Lipinski definition) is 4. The molecule has 5 heteroatoms. The fourth-order valence-corrected chi connectivity index (χ4v) is 4.53. The zero-order chi connectivity index (χ0) is 20.2. The van der Waals surface area contributed by atoms with Crippen LogP contribution in [0.15, 0.2) is 42.5 Å². The lowest BCUT2D eigenvalue weighted by Gasteiger charge is -2.39. The Morgan fingerprint density at radius 2 is 1.69 bits per heavy atom. The number of rotatable bonds is 5. The summed E-state index contributed by atoms with van der Waals surface area (Å²) in [4.78, 5) is 17.8. The van der Waals surface area contributed by atoms with Crippen LogP contribution in [0.4, 0.5) is 0 Å². The molecule has 1 saturated heterocycles. The largest absolute Gasteiger partial charge is 0.493 e. The molecule has 1 atom stereocenters. The molecule has 0 bridgehead atoms. The maximum atomic E-state index is 13.4. The molecule has 29 heavy (non-hydrogen) atoms. The quantitative estimate of drug-likeness (QED) is 0.776. The molecule has 1 fully saturated rings. The average Bonchev–Trinajstić information content (AvgIpc) is 2.78. The van der Waals surface area contributed by atoms with E-state index in [1.54, 1.807) is 14.2 Å². The molecule has 5 nitrogen and oxygen atoms in total. The third-order valence-electron chi connectivity index (χ3n) is 6.13. The highest BCUT2D eigenvalue weighted by Gasteiger charge is 2.34. The third-order valence-corrected chi connectivity index (χ3v) is 6.13. The van der Waals surface area contributed by atoms with E-state index in [1.807, 2.05) is 12.1 Å². The zero-order valence-corrected chi connectivity index (χ0v) is 17.4. The topological polar surface area (TPSA) is 42.0 Å². The van der Waals surface area contributed by atoms with Crippen molar-refractivity contribution in [2.24, 2.45) is 0 Å². The molecule has 0 aromatic heterocycles. The standard InChI is InChI=1S/C24H30N2O3/c1-28-22-11-10-18(14-23(22)29-2)16-26-17-20-9-5-4-8-19(20)15-21(26)24(27)25-12-6-3-7-13-25/h4-5,8-11,14,21H,3,6-7,12-13,15-17H2,1-2H3. The van der Waals surface area contributed by atoms with Crippen LogP contribution in [0.25, 0.3) is 0 Å². The van der Waals surface area contributed by atoms with Crippen LogP contribution in [0.3, 0.4) is 0 Å². The maximum absolute atomic E-state index is 13.4. The second-order valence-corrected chi connectivity index (χ2v) is 7.97. The van der Waals surface area contributed by atoms with Gasteiger partial charge in [0.05, 0.1) is 20.3 Å². The van der Waals surface area contributed by atoms with E-state index < -0.39 is 0 Å². The molecule has 2 heterocycles. The van der Waals surface area contributed by atoms with Crippen LogP contribution in [-0.4, -0.2) is 49.1 Å². The van der Waals surface area contributed by atoms with E-state index in [4.69, 9.17) is 9.47 Å². The van der Waals surface area contributed by atoms with Gasteiger partial charge < -0.3 is 14.4 Å². The summed E-state index contributed by atoms with van der Waals surface area (Å²) >= 11 is 0. The Balaban J connectivity index is 1.60. The molecule has 0 spiro atoms. The van der Waals surface area contributed by atoms with E-state index in [0.717, 1.165) is 56.0 Å². The summed E-state index contributed by atoms with van der Waals surface area (Å²) in [5.41, 5.74) is 3.74. The van der Waals surface area contributed by atoms with Crippen molar-refractivity contribution in [2.45, 2.75) is 44.8 Å². The van der Waals surface area contributed by atoms with Crippen LogP contribution in [-0.2, 0) is 24.3 Å². The number of ether oxygens (including phenoxy) is 2. The minimum Gasteiger partial charge on any atom is -0.493 e. The van der Waals surface area contributed by atoms with Crippen LogP contribution < -0.4 is 9.47 Å². The number of nitrogens with zero attached hydrogens (tertiary/aromatic N) is 2. The summed E-state index contributed by atoms with van der Waals surface area (Å²) in [7, 11) is 3.30. The number of fused-ring (bicyclic) bond motifs is 1. The fraction of sp³-hybridized carbons (Fsp3) is 0.458. The van der Waals surface area contributed by atoms with E-state index in [-0.39, 0.29) is 11.9 Å². The summed E-state index contributed by atoms with van der Waals surface area (Å²) in [6.07, 6.45) is 4.24. The lowest BCUT2D eigenvalue weighted by molar-refractivity contribution is -0.138. The van der Waals surface area contributed by atoms with Gasteiger partial charge in [0.2, 0.25) is 5.91 Å². The molecule has 2 aromatic carbocycles. The number of piperidine rings is 1. The van der Waals surface area contributed by atoms with E-state index in [0.29, 0.717) is 6.54 Å². The van der Waals surface area contributed by atoms with Crippen molar-refractivity contribution in [3.63, 3.8) is 0 Å². The van der Waals surface area contributed by atoms with Gasteiger partial charge in [0.25, 0.3) is 0 Å². The number of carbonyl (C=O) groups is 1. The van der Waals surface area contributed by atoms with Crippen molar-refractivity contribution in [1.82, 2.24) is 9.80 Å². The van der Waals surface area contributed by atoms with Crippen molar-refractivity contribution >= 4 is 5.91 Å². The Hall–Kier alpha value is -2.53. The second kappa shape index (κ2) is 8.87. The van der Waals surface area contributed by atoms with Gasteiger partial charge in [-0.05, 0) is 54.5 Å². The first kappa shape index (κ1) is 19.8. The van der Waals surface area contributed by atoms with Crippen molar-refractivity contribution in [3.05, 3.63) is 59.2 Å². The van der Waals surface area contributed by atoms with Crippen molar-refractivity contribution in [2.75, 3.05) is 27.3 Å². The van der Waals surface area contributed by atoms with E-state index in [2.05, 4.69) is 40.1 Å². The van der Waals surface area contributed by atoms with E-state index in [9.17, 15) is 4.79 Å². The van der Waals surface area contributed by atoms with Gasteiger partial charge in [-0.2, -0.15) is 0 Å². The highest BCUT2D eigenvalue weighted by Crippen LogP contribution is 2.31. The third kappa shape index (κ3) is 4.25. The monoisotopic (exact) mass is 394 g/mol. The van der Waals surface area contributed by atoms with E-state index >= 15 is 0 Å². The summed E-state index contributed by atoms with van der Waals surface area (Å²) in [6.45, 7) is 3.27. The Labute approximate surface area is 173 Å². The number of benzene rings is 2. The summed E-state index contributed by atoms with van der Waals surface area (Å²) in [5, 5.41) is 0. The van der Waals surface area contributed by atoms with Crippen molar-refractivity contribution in [3.8, 4) is 11.5 Å². The molecule has 2 aliphatic heterocycles. The molecule has 0 radical (unpaired) electrons. The molecule has 0 aliphatic carbocycles. The lowest BCUT2D eigenvalue weighted by atomic mass is 9.92. The molecule has 0 N–H and O–H groups in total. The molecule has 1 unspecified atom stereocenters. The number of amides is 1. The van der Waals surface area contributed by atoms with Gasteiger partial charge in [0, 0.05) is 26.2 Å². The van der Waals surface area contributed by atoms with Crippen LogP contribution in [0.1, 0.15) is 36.0 Å². The molecule has 2 aliphatic rings. The number of methoxy groups -OCH3 is 2. The molecular weight excluding hydrogens is 364 g/mol. The molecule has 0 saturated carbocycles. The summed E-state index contributed by atoms with van der Waals surface area (Å²) in [6, 6.07) is 14.4. The molecule has 2 aromatic rings. The van der Waals surface area contributed by atoms with Crippen molar-refractivity contribution in [1.29, 1.82) is 0 Å². The van der Waals surface area contributed by atoms with Gasteiger partial charge in [-0.25, -0.2) is 0 Å². The Bertz CT molecular complexity index is 861. The Morgan fingerprint density at radius 3 is 2.41 bits per heavy atom. The van der Waals surface area contributed by atoms with E-state index in [1.165, 1.54) is 17.5 Å². The number of likely N-dealkylation sites (tertiary alicyclic amines) is 1. The minimum atomic E-state index is -0.115. The van der Waals surface area contributed by atoms with Crippen LogP contribution in [0.5, 0.6) is 11.5 Å². The van der Waals surface area contributed by atoms with Crippen LogP contribution in [0, 0.1) is 0 Å². The molecular formula is C24H30N2O3. The predicted octanol–water partition coefficient (Wildman–Crippen LogP) is 3.64. The van der Waals surface area contributed by atoms with Crippen LogP contribution >= 0.6 is 0 Å². The van der Waals surface area contributed by atoms with Gasteiger partial charge in [0.15, 0.2) is 11.5 Å². The first-order valence-electron chi connectivity index (χ1n) is 10.5. The van der Waals surface area contributed by atoms with Crippen LogP contribution in [0.2, 0.25) is 0 Å². The zero-order valence-electron chi connectivity index (χ0n) is 17.4. The second-order valence-electron chi connectivity index (χ2n) is 7.97. The molecule has 1 amide bonds. The van der Waals surface area contributed by atoms with Gasteiger partial charge in [-0.3, -0.25) is 9.69 Å². The smallest absolute Gasteiger partial charge is 0.240 e. The predicted molar refractivity (Wildman–Crippen MR) is 113 cm³/mol. The van der Waals surface area contributed by atoms with Crippen molar-refractivity contribution < 1.29 is 14.3 Å². The molecule has 154 valence electrons. The summed E-state index contributed by atoms with van der Waals surface area (Å²) < 4.78 is 10.8. The first-order valence-corrected chi connectivity index (χ1v) is 10.5. The fourth-order valence-electron chi connectivity index (χ4n) is 4.53. The minimum absolute atomic E-state index is 0.115. The summed E-state index contributed by atoms with van der Waals surface area (Å²) in [5.74, 6) is 1.72. The average molecular weight is 395 g/mol. The highest BCUT2D eigenvalue weighted by molar-refractivity contribution is 5.82. The van der Waals surface area contributed by atoms with Gasteiger partial charge in [0.1, 0.15) is 0 Å². The molecule has 4 rings (SSSR count). The van der Waals surface area contributed by atoms with Gasteiger partial charge >= 0.3 is 0 Å². The van der Waals surface area contributed by atoms with Gasteiger partial charge in [-0.15, -0.1) is 0 Å².